The second kappa shape index (κ2) is 4.22. The molecular weight excluding hydrogens is 226 g/mol. The van der Waals surface area contributed by atoms with Crippen LogP contribution in [0.25, 0.3) is 0 Å². The summed E-state index contributed by atoms with van der Waals surface area (Å²) in [5, 5.41) is 3.42. The molecule has 2 fully saturated rings. The van der Waals surface area contributed by atoms with E-state index in [1.807, 2.05) is 0 Å². The number of rotatable bonds is 1. The zero-order valence-corrected chi connectivity index (χ0v) is 12.4. The number of methoxy groups -OCH3 is 1. The quantitative estimate of drug-likeness (QED) is 0.730. The average molecular weight is 253 g/mol. The van der Waals surface area contributed by atoms with Gasteiger partial charge in [-0.05, 0) is 35.5 Å². The van der Waals surface area contributed by atoms with E-state index in [0.717, 1.165) is 25.9 Å². The molecule has 1 saturated carbocycles. The Kier molecular flexibility index (Phi) is 3.25. The van der Waals surface area contributed by atoms with E-state index in [4.69, 9.17) is 4.74 Å². The smallest absolute Gasteiger partial charge is 0.310 e. The highest BCUT2D eigenvalue weighted by atomic mass is 16.5. The van der Waals surface area contributed by atoms with Crippen LogP contribution < -0.4 is 5.32 Å². The maximum atomic E-state index is 12.0. The molecule has 1 N–H and O–H groups in total. The highest BCUT2D eigenvalue weighted by Gasteiger charge is 2.55. The van der Waals surface area contributed by atoms with E-state index in [9.17, 15) is 4.79 Å². The molecule has 3 heteroatoms. The van der Waals surface area contributed by atoms with E-state index in [2.05, 4.69) is 33.0 Å². The third kappa shape index (κ3) is 2.42. The van der Waals surface area contributed by atoms with E-state index >= 15 is 0 Å². The van der Waals surface area contributed by atoms with Crippen LogP contribution in [0, 0.1) is 22.2 Å². The predicted molar refractivity (Wildman–Crippen MR) is 72.2 cm³/mol. The lowest BCUT2D eigenvalue weighted by atomic mass is 9.52. The van der Waals surface area contributed by atoms with Gasteiger partial charge in [0.1, 0.15) is 0 Å². The SMILES string of the molecule is COC(=O)C1CNCC12CC(C)(C)CC(C)(C)C2. The summed E-state index contributed by atoms with van der Waals surface area (Å²) in [4.78, 5) is 12.0. The number of esters is 1. The summed E-state index contributed by atoms with van der Waals surface area (Å²) in [5.74, 6) is -0.00477. The number of carbonyl (C=O) groups excluding carboxylic acids is 1. The Morgan fingerprint density at radius 3 is 2.17 bits per heavy atom. The molecule has 1 unspecified atom stereocenters. The molecule has 0 aromatic heterocycles. The van der Waals surface area contributed by atoms with Crippen LogP contribution in [0.15, 0.2) is 0 Å². The van der Waals surface area contributed by atoms with Crippen molar-refractivity contribution in [3.63, 3.8) is 0 Å². The molecule has 1 aliphatic carbocycles. The van der Waals surface area contributed by atoms with Crippen molar-refractivity contribution in [2.45, 2.75) is 47.0 Å². The maximum absolute atomic E-state index is 12.0. The highest BCUT2D eigenvalue weighted by molar-refractivity contribution is 5.74. The van der Waals surface area contributed by atoms with Gasteiger partial charge < -0.3 is 10.1 Å². The summed E-state index contributed by atoms with van der Waals surface area (Å²) in [5.41, 5.74) is 0.707. The summed E-state index contributed by atoms with van der Waals surface area (Å²) in [6, 6.07) is 0. The minimum Gasteiger partial charge on any atom is -0.469 e. The van der Waals surface area contributed by atoms with Gasteiger partial charge in [0.25, 0.3) is 0 Å². The van der Waals surface area contributed by atoms with Crippen LogP contribution >= 0.6 is 0 Å². The van der Waals surface area contributed by atoms with Crippen LogP contribution in [0.3, 0.4) is 0 Å². The Bertz CT molecular complexity index is 330. The van der Waals surface area contributed by atoms with Crippen LogP contribution in [0.2, 0.25) is 0 Å². The molecule has 0 amide bonds. The van der Waals surface area contributed by atoms with Gasteiger partial charge in [0.05, 0.1) is 13.0 Å². The zero-order chi connectivity index (χ0) is 13.6. The highest BCUT2D eigenvalue weighted by Crippen LogP contribution is 2.58. The Morgan fingerprint density at radius 2 is 1.67 bits per heavy atom. The van der Waals surface area contributed by atoms with Gasteiger partial charge in [0.15, 0.2) is 0 Å². The molecule has 0 aromatic carbocycles. The van der Waals surface area contributed by atoms with Crippen molar-refractivity contribution in [2.75, 3.05) is 20.2 Å². The number of nitrogens with one attached hydrogen (secondary N) is 1. The molecule has 0 aromatic rings. The van der Waals surface area contributed by atoms with Gasteiger partial charge in [0.2, 0.25) is 0 Å². The second-order valence-corrected chi connectivity index (χ2v) is 7.93. The molecule has 1 saturated heterocycles. The van der Waals surface area contributed by atoms with E-state index in [1.54, 1.807) is 0 Å². The van der Waals surface area contributed by atoms with Gasteiger partial charge in [0, 0.05) is 13.1 Å². The van der Waals surface area contributed by atoms with Crippen molar-refractivity contribution < 1.29 is 9.53 Å². The molecule has 104 valence electrons. The third-order valence-corrected chi connectivity index (χ3v) is 4.67. The minimum absolute atomic E-state index is 0.0290. The summed E-state index contributed by atoms with van der Waals surface area (Å²) >= 11 is 0. The van der Waals surface area contributed by atoms with E-state index in [-0.39, 0.29) is 17.3 Å². The van der Waals surface area contributed by atoms with Crippen molar-refractivity contribution in [1.82, 2.24) is 5.32 Å². The van der Waals surface area contributed by atoms with Crippen molar-refractivity contribution >= 4 is 5.97 Å². The molecule has 2 aliphatic rings. The summed E-state index contributed by atoms with van der Waals surface area (Å²) < 4.78 is 5.02. The van der Waals surface area contributed by atoms with Gasteiger partial charge in [-0.2, -0.15) is 0 Å². The Balaban J connectivity index is 2.31. The molecule has 1 atom stereocenters. The van der Waals surface area contributed by atoms with Gasteiger partial charge in [-0.1, -0.05) is 27.7 Å². The third-order valence-electron chi connectivity index (χ3n) is 4.67. The van der Waals surface area contributed by atoms with Crippen LogP contribution in [-0.4, -0.2) is 26.2 Å². The van der Waals surface area contributed by atoms with Gasteiger partial charge >= 0.3 is 5.97 Å². The first-order valence-corrected chi connectivity index (χ1v) is 6.98. The number of hydrogen-bond donors (Lipinski definition) is 1. The van der Waals surface area contributed by atoms with Crippen LogP contribution in [-0.2, 0) is 9.53 Å². The van der Waals surface area contributed by atoms with Crippen LogP contribution in [0.4, 0.5) is 0 Å². The van der Waals surface area contributed by atoms with Crippen molar-refractivity contribution in [3.8, 4) is 0 Å². The van der Waals surface area contributed by atoms with E-state index in [0.29, 0.717) is 10.8 Å². The Morgan fingerprint density at radius 1 is 1.11 bits per heavy atom. The lowest BCUT2D eigenvalue weighted by Crippen LogP contribution is -2.47. The largest absolute Gasteiger partial charge is 0.469 e. The fraction of sp³-hybridized carbons (Fsp3) is 0.933. The Labute approximate surface area is 111 Å². The molecule has 0 bridgehead atoms. The Hall–Kier alpha value is -0.570. The molecular formula is C15H27NO2. The lowest BCUT2D eigenvalue weighted by Gasteiger charge is -2.52. The van der Waals surface area contributed by atoms with Crippen molar-refractivity contribution in [3.05, 3.63) is 0 Å². The number of hydrogen-bond acceptors (Lipinski definition) is 3. The van der Waals surface area contributed by atoms with Crippen molar-refractivity contribution in [1.29, 1.82) is 0 Å². The molecule has 2 rings (SSSR count). The minimum atomic E-state index is -0.0338. The first-order chi connectivity index (χ1) is 8.20. The predicted octanol–water partition coefficient (Wildman–Crippen LogP) is 2.60. The van der Waals surface area contributed by atoms with Crippen molar-refractivity contribution in [2.24, 2.45) is 22.2 Å². The van der Waals surface area contributed by atoms with E-state index < -0.39 is 0 Å². The first kappa shape index (κ1) is 13.9. The van der Waals surface area contributed by atoms with Crippen LogP contribution in [0.5, 0.6) is 0 Å². The molecule has 1 aliphatic heterocycles. The van der Waals surface area contributed by atoms with E-state index in [1.165, 1.54) is 13.5 Å². The maximum Gasteiger partial charge on any atom is 0.310 e. The number of carbonyl (C=O) groups is 1. The van der Waals surface area contributed by atoms with Gasteiger partial charge in [-0.3, -0.25) is 4.79 Å². The van der Waals surface area contributed by atoms with Gasteiger partial charge in [-0.25, -0.2) is 0 Å². The summed E-state index contributed by atoms with van der Waals surface area (Å²) in [6.07, 6.45) is 3.47. The molecule has 1 heterocycles. The average Bonchev–Trinajstić information content (AvgIpc) is 2.54. The normalized spacial score (nSPS) is 32.4. The fourth-order valence-corrected chi connectivity index (χ4v) is 5.04. The summed E-state index contributed by atoms with van der Waals surface area (Å²) in [6.45, 7) is 11.1. The standard InChI is InChI=1S/C15H27NO2/c1-13(2)7-14(3,4)9-15(8-13)10-16-6-11(15)12(17)18-5/h11,16H,6-10H2,1-5H3. The fourth-order valence-electron chi connectivity index (χ4n) is 5.04. The first-order valence-electron chi connectivity index (χ1n) is 6.98. The monoisotopic (exact) mass is 253 g/mol. The van der Waals surface area contributed by atoms with Gasteiger partial charge in [-0.15, -0.1) is 0 Å². The molecule has 3 nitrogen and oxygen atoms in total. The molecule has 18 heavy (non-hydrogen) atoms. The number of ether oxygens (including phenoxy) is 1. The second-order valence-electron chi connectivity index (χ2n) is 7.93. The molecule has 0 radical (unpaired) electrons. The topological polar surface area (TPSA) is 38.3 Å². The van der Waals surface area contributed by atoms with Crippen LogP contribution in [0.1, 0.15) is 47.0 Å². The summed E-state index contributed by atoms with van der Waals surface area (Å²) in [7, 11) is 1.51. The molecule has 1 spiro atoms. The zero-order valence-electron chi connectivity index (χ0n) is 12.4. The lowest BCUT2D eigenvalue weighted by molar-refractivity contribution is -0.152.